The highest BCUT2D eigenvalue weighted by atomic mass is 32.2. The van der Waals surface area contributed by atoms with Crippen molar-refractivity contribution in [3.05, 3.63) is 42.0 Å². The maximum absolute atomic E-state index is 11.6. The molecule has 130 valence electrons. The molecule has 1 unspecified atom stereocenters. The molecule has 0 radical (unpaired) electrons. The monoisotopic (exact) mass is 347 g/mol. The van der Waals surface area contributed by atoms with Crippen molar-refractivity contribution in [1.29, 1.82) is 0 Å². The minimum atomic E-state index is -2.84. The first-order chi connectivity index (χ1) is 11.4. The summed E-state index contributed by atoms with van der Waals surface area (Å²) < 4.78 is 23.3. The third-order valence-corrected chi connectivity index (χ3v) is 6.35. The van der Waals surface area contributed by atoms with E-state index in [2.05, 4.69) is 40.0 Å². The lowest BCUT2D eigenvalue weighted by Gasteiger charge is -2.24. The van der Waals surface area contributed by atoms with Gasteiger partial charge in [0.25, 0.3) is 0 Å². The molecule has 0 amide bonds. The number of para-hydroxylation sites is 1. The Kier molecular flexibility index (Phi) is 4.94. The second kappa shape index (κ2) is 6.97. The lowest BCUT2D eigenvalue weighted by Crippen LogP contribution is -2.43. The number of nitrogens with zero attached hydrogens (tertiary/aromatic N) is 2. The molecule has 2 aliphatic rings. The summed E-state index contributed by atoms with van der Waals surface area (Å²) >= 11 is 0. The highest BCUT2D eigenvalue weighted by Gasteiger charge is 2.29. The fourth-order valence-corrected chi connectivity index (χ4v) is 5.14. The molecule has 5 nitrogen and oxygen atoms in total. The van der Waals surface area contributed by atoms with Crippen molar-refractivity contribution in [3.63, 3.8) is 0 Å². The third kappa shape index (κ3) is 3.98. The molecule has 2 heterocycles. The van der Waals surface area contributed by atoms with Crippen molar-refractivity contribution in [3.8, 4) is 0 Å². The fraction of sp³-hybridized carbons (Fsp3) is 0.500. The molecular formula is C18H25N3O2S. The Balaban J connectivity index is 1.73. The van der Waals surface area contributed by atoms with Crippen LogP contribution in [0, 0.1) is 5.92 Å². The molecular weight excluding hydrogens is 322 g/mol. The Labute approximate surface area is 144 Å². The van der Waals surface area contributed by atoms with Gasteiger partial charge in [-0.15, -0.1) is 0 Å². The molecule has 0 spiro atoms. The lowest BCUT2D eigenvalue weighted by atomic mass is 10.1. The molecule has 0 bridgehead atoms. The zero-order valence-electron chi connectivity index (χ0n) is 14.2. The average molecular weight is 347 g/mol. The van der Waals surface area contributed by atoms with Gasteiger partial charge in [0.15, 0.2) is 15.8 Å². The van der Waals surface area contributed by atoms with Crippen LogP contribution in [0.4, 0.5) is 5.69 Å². The lowest BCUT2D eigenvalue weighted by molar-refractivity contribution is 0.570. The van der Waals surface area contributed by atoms with Crippen LogP contribution < -0.4 is 10.2 Å². The predicted molar refractivity (Wildman–Crippen MR) is 99.4 cm³/mol. The van der Waals surface area contributed by atoms with Gasteiger partial charge in [0.05, 0.1) is 18.1 Å². The maximum atomic E-state index is 11.6. The minimum absolute atomic E-state index is 0.169. The van der Waals surface area contributed by atoms with E-state index in [1.165, 1.54) is 11.3 Å². The van der Waals surface area contributed by atoms with E-state index in [0.717, 1.165) is 30.9 Å². The van der Waals surface area contributed by atoms with Crippen molar-refractivity contribution in [1.82, 2.24) is 5.32 Å². The van der Waals surface area contributed by atoms with Gasteiger partial charge in [-0.2, -0.15) is 0 Å². The van der Waals surface area contributed by atoms with Crippen LogP contribution in [0.1, 0.15) is 18.9 Å². The summed E-state index contributed by atoms with van der Waals surface area (Å²) in [6.45, 7) is 8.00. The van der Waals surface area contributed by atoms with Crippen LogP contribution in [0.25, 0.3) is 0 Å². The summed E-state index contributed by atoms with van der Waals surface area (Å²) in [5.41, 5.74) is 3.51. The van der Waals surface area contributed by atoms with E-state index >= 15 is 0 Å². The van der Waals surface area contributed by atoms with Crippen LogP contribution in [0.2, 0.25) is 0 Å². The van der Waals surface area contributed by atoms with Crippen LogP contribution in [0.5, 0.6) is 0 Å². The summed E-state index contributed by atoms with van der Waals surface area (Å²) in [5, 5.41) is 3.41. The number of anilines is 1. The predicted octanol–water partition coefficient (Wildman–Crippen LogP) is 2.01. The number of nitrogens with one attached hydrogen (secondary N) is 1. The van der Waals surface area contributed by atoms with E-state index in [0.29, 0.717) is 18.8 Å². The summed E-state index contributed by atoms with van der Waals surface area (Å²) in [7, 11) is -2.84. The van der Waals surface area contributed by atoms with Crippen LogP contribution in [-0.4, -0.2) is 45.5 Å². The summed E-state index contributed by atoms with van der Waals surface area (Å²) in [5.74, 6) is 1.59. The third-order valence-electron chi connectivity index (χ3n) is 4.52. The summed E-state index contributed by atoms with van der Waals surface area (Å²) in [6.07, 6.45) is 1.74. The number of guanidine groups is 1. The van der Waals surface area contributed by atoms with Crippen molar-refractivity contribution in [2.75, 3.05) is 36.0 Å². The Morgan fingerprint density at radius 2 is 2.21 bits per heavy atom. The Hall–Kier alpha value is -1.82. The van der Waals surface area contributed by atoms with Gasteiger partial charge >= 0.3 is 0 Å². The minimum Gasteiger partial charge on any atom is -0.356 e. The first-order valence-corrected chi connectivity index (χ1v) is 10.3. The van der Waals surface area contributed by atoms with Crippen LogP contribution >= 0.6 is 0 Å². The van der Waals surface area contributed by atoms with Crippen LogP contribution in [-0.2, 0) is 16.3 Å². The maximum Gasteiger partial charge on any atom is 0.198 e. The number of hydrogen-bond acceptors (Lipinski definition) is 3. The molecule has 24 heavy (non-hydrogen) atoms. The molecule has 0 saturated carbocycles. The number of hydrogen-bond donors (Lipinski definition) is 1. The topological polar surface area (TPSA) is 61.8 Å². The van der Waals surface area contributed by atoms with E-state index in [1.54, 1.807) is 0 Å². The van der Waals surface area contributed by atoms with Gasteiger partial charge < -0.3 is 10.2 Å². The summed E-state index contributed by atoms with van der Waals surface area (Å²) in [6, 6.07) is 8.36. The van der Waals surface area contributed by atoms with Gasteiger partial charge in [-0.25, -0.2) is 13.4 Å². The molecule has 0 aromatic heterocycles. The van der Waals surface area contributed by atoms with E-state index in [4.69, 9.17) is 0 Å². The van der Waals surface area contributed by atoms with E-state index in [9.17, 15) is 8.42 Å². The van der Waals surface area contributed by atoms with Crippen molar-refractivity contribution in [2.24, 2.45) is 10.9 Å². The largest absolute Gasteiger partial charge is 0.356 e. The number of sulfone groups is 1. The highest BCUT2D eigenvalue weighted by molar-refractivity contribution is 7.91. The van der Waals surface area contributed by atoms with Gasteiger partial charge in [-0.05, 0) is 37.3 Å². The van der Waals surface area contributed by atoms with Gasteiger partial charge in [-0.1, -0.05) is 30.4 Å². The Bertz CT molecular complexity index is 755. The zero-order valence-corrected chi connectivity index (χ0v) is 15.0. The number of rotatable bonds is 4. The standard InChI is InChI=1S/C18H25N3O2S/c1-14(2)11-19-18(20-12-15-8-10-24(22,23)13-15)21-9-7-16-5-3-4-6-17(16)21/h3-6,15H,1,7-13H2,2H3,(H,19,20). The number of fused-ring (bicyclic) bond motifs is 1. The summed E-state index contributed by atoms with van der Waals surface area (Å²) in [4.78, 5) is 6.88. The van der Waals surface area contributed by atoms with E-state index in [-0.39, 0.29) is 11.7 Å². The van der Waals surface area contributed by atoms with E-state index in [1.807, 2.05) is 13.0 Å². The smallest absolute Gasteiger partial charge is 0.198 e. The quantitative estimate of drug-likeness (QED) is 0.514. The van der Waals surface area contributed by atoms with Gasteiger partial charge in [0.1, 0.15) is 0 Å². The first kappa shape index (κ1) is 17.0. The molecule has 1 atom stereocenters. The second-order valence-corrected chi connectivity index (χ2v) is 9.01. The molecule has 1 aromatic rings. The molecule has 6 heteroatoms. The molecule has 3 rings (SSSR count). The van der Waals surface area contributed by atoms with Crippen molar-refractivity contribution < 1.29 is 8.42 Å². The molecule has 0 aliphatic carbocycles. The van der Waals surface area contributed by atoms with Crippen molar-refractivity contribution in [2.45, 2.75) is 19.8 Å². The van der Waals surface area contributed by atoms with Crippen molar-refractivity contribution >= 4 is 21.5 Å². The normalized spacial score (nSPS) is 22.5. The van der Waals surface area contributed by atoms with Gasteiger partial charge in [0, 0.05) is 18.8 Å². The second-order valence-electron chi connectivity index (χ2n) is 6.78. The molecule has 1 aromatic carbocycles. The van der Waals surface area contributed by atoms with Gasteiger partial charge in [-0.3, -0.25) is 0 Å². The fourth-order valence-electron chi connectivity index (χ4n) is 3.27. The zero-order chi connectivity index (χ0) is 17.2. The Morgan fingerprint density at radius 3 is 2.92 bits per heavy atom. The molecule has 2 aliphatic heterocycles. The SMILES string of the molecule is C=C(C)CN=C(NCC1CCS(=O)(=O)C1)N1CCc2ccccc21. The molecule has 1 saturated heterocycles. The van der Waals surface area contributed by atoms with Gasteiger partial charge in [0.2, 0.25) is 0 Å². The highest BCUT2D eigenvalue weighted by Crippen LogP contribution is 2.27. The average Bonchev–Trinajstić information content (AvgIpc) is 3.10. The van der Waals surface area contributed by atoms with Crippen LogP contribution in [0.15, 0.2) is 41.4 Å². The molecule has 1 N–H and O–H groups in total. The first-order valence-electron chi connectivity index (χ1n) is 8.43. The Morgan fingerprint density at radius 1 is 1.42 bits per heavy atom. The molecule has 1 fully saturated rings. The van der Waals surface area contributed by atoms with Crippen LogP contribution in [0.3, 0.4) is 0 Å². The van der Waals surface area contributed by atoms with E-state index < -0.39 is 9.84 Å². The number of benzene rings is 1. The number of aliphatic imine (C=N–C) groups is 1.